The van der Waals surface area contributed by atoms with Crippen LogP contribution in [0.2, 0.25) is 5.02 Å². The van der Waals surface area contributed by atoms with Gasteiger partial charge in [-0.25, -0.2) is 0 Å². The Morgan fingerprint density at radius 3 is 1.18 bits per heavy atom. The van der Waals surface area contributed by atoms with Gasteiger partial charge in [0.05, 0.1) is 26.1 Å². The fourth-order valence-electron chi connectivity index (χ4n) is 4.79. The molecule has 327 valence electrons. The number of carbonyl (C=O) groups is 1. The molecule has 6 aromatic carbocycles. The Bertz CT molecular complexity index is 2850. The van der Waals surface area contributed by atoms with E-state index in [1.54, 1.807) is 24.3 Å². The average Bonchev–Trinajstić information content (AvgIpc) is 4.09. The summed E-state index contributed by atoms with van der Waals surface area (Å²) in [7, 11) is 0. The number of halogens is 5. The third-order valence-corrected chi connectivity index (χ3v) is 9.14. The van der Waals surface area contributed by atoms with Crippen LogP contribution in [-0.2, 0) is 9.68 Å². The Labute approximate surface area is 497 Å². The second-order valence-corrected chi connectivity index (χ2v) is 13.6. The molecule has 3 heterocycles. The van der Waals surface area contributed by atoms with Crippen LogP contribution >= 0.6 is 71.7 Å². The first-order valence-electron chi connectivity index (χ1n) is 16.9. The van der Waals surface area contributed by atoms with E-state index >= 15 is 0 Å². The summed E-state index contributed by atoms with van der Waals surface area (Å²) < 4.78 is 1.67. The van der Waals surface area contributed by atoms with Crippen LogP contribution in [0.1, 0.15) is 1.43 Å². The fraction of sp³-hybridized carbons (Fsp3) is 0. The number of carbonyl (C=O) groups excluding carboxylic acids is 1. The normalized spacial score (nSPS) is 9.42. The van der Waals surface area contributed by atoms with Crippen molar-refractivity contribution in [2.75, 3.05) is 0 Å². The summed E-state index contributed by atoms with van der Waals surface area (Å²) in [6.07, 6.45) is 0. The number of benzene rings is 6. The van der Waals surface area contributed by atoms with E-state index in [4.69, 9.17) is 21.7 Å². The Hall–Kier alpha value is -3.30. The van der Waals surface area contributed by atoms with E-state index in [1.165, 1.54) is 58.1 Å². The molecule has 66 heavy (non-hydrogen) atoms. The summed E-state index contributed by atoms with van der Waals surface area (Å²) in [5, 5.41) is 67.8. The molecule has 0 bridgehead atoms. The summed E-state index contributed by atoms with van der Waals surface area (Å²) in [6, 6.07) is 36.8. The molecular formula is C37H25BBr4ClK2N12O9. The van der Waals surface area contributed by atoms with Crippen molar-refractivity contribution in [3.8, 4) is 11.4 Å². The molecule has 0 saturated heterocycles. The summed E-state index contributed by atoms with van der Waals surface area (Å²) >= 11 is 17.8. The molecule has 0 fully saturated rings. The summed E-state index contributed by atoms with van der Waals surface area (Å²) in [5.74, 6) is 0. The van der Waals surface area contributed by atoms with Crippen molar-refractivity contribution in [1.29, 1.82) is 0 Å². The maximum Gasteiger partial charge on any atom is 1.00 e. The van der Waals surface area contributed by atoms with Gasteiger partial charge >= 0.3 is 103 Å². The maximum absolute atomic E-state index is 10.6. The van der Waals surface area contributed by atoms with E-state index in [0.717, 1.165) is 42.0 Å². The van der Waals surface area contributed by atoms with E-state index in [-0.39, 0.29) is 136 Å². The minimum absolute atomic E-state index is 0. The smallest absolute Gasteiger partial charge is 1.00 e. The van der Waals surface area contributed by atoms with Crippen LogP contribution in [0.4, 0.5) is 17.1 Å². The first kappa shape index (κ1) is 60.7. The Morgan fingerprint density at radius 2 is 0.864 bits per heavy atom. The molecule has 0 saturated carbocycles. The molecule has 29 heteroatoms. The molecule has 0 unspecified atom stereocenters. The number of rotatable bonds is 6. The van der Waals surface area contributed by atoms with Gasteiger partial charge in [-0.1, -0.05) is 35.9 Å². The monoisotopic (exact) mass is 1220 g/mol. The molecule has 3 aromatic heterocycles. The van der Waals surface area contributed by atoms with Crippen LogP contribution in [0.15, 0.2) is 142 Å². The molecule has 0 spiro atoms. The van der Waals surface area contributed by atoms with Crippen molar-refractivity contribution in [1.82, 2.24) is 45.4 Å². The molecule has 1 N–H and O–H groups in total. The van der Waals surface area contributed by atoms with E-state index in [0.29, 0.717) is 16.4 Å². The predicted molar refractivity (Wildman–Crippen MR) is 250 cm³/mol. The number of hydrogen-bond acceptors (Lipinski definition) is 15. The molecular weight excluding hydrogens is 1200 g/mol. The number of para-hydroxylation sites is 2. The van der Waals surface area contributed by atoms with E-state index in [2.05, 4.69) is 101 Å². The zero-order chi connectivity index (χ0) is 45.9. The summed E-state index contributed by atoms with van der Waals surface area (Å²) in [5.41, 5.74) is 6.34. The number of nitro groups is 3. The van der Waals surface area contributed by atoms with Crippen LogP contribution in [0.5, 0.6) is 0 Å². The third-order valence-electron chi connectivity index (χ3n) is 7.61. The number of nitro benzene ring substituents is 3. The van der Waals surface area contributed by atoms with Gasteiger partial charge in [0.25, 0.3) is 23.5 Å². The molecule has 0 atom stereocenters. The van der Waals surface area contributed by atoms with Crippen molar-refractivity contribution in [3.05, 3.63) is 178 Å². The maximum atomic E-state index is 10.6. The zero-order valence-electron chi connectivity index (χ0n) is 34.8. The molecule has 3 radical (unpaired) electrons. The van der Waals surface area contributed by atoms with Crippen molar-refractivity contribution in [2.45, 2.75) is 0 Å². The number of nitrogens with one attached hydrogen (secondary N) is 1. The van der Waals surface area contributed by atoms with Gasteiger partial charge in [0.1, 0.15) is 33.1 Å². The summed E-state index contributed by atoms with van der Waals surface area (Å²) in [6.45, 7) is -0.181. The van der Waals surface area contributed by atoms with Gasteiger partial charge in [0.2, 0.25) is 0 Å². The van der Waals surface area contributed by atoms with Crippen LogP contribution in [-0.4, -0.2) is 75.1 Å². The predicted octanol–water partition coefficient (Wildman–Crippen LogP) is 3.25. The third kappa shape index (κ3) is 18.3. The van der Waals surface area contributed by atoms with Gasteiger partial charge in [-0.05, 0) is 105 Å². The van der Waals surface area contributed by atoms with Crippen molar-refractivity contribution in [2.24, 2.45) is 0 Å². The average molecular weight is 1230 g/mol. The summed E-state index contributed by atoms with van der Waals surface area (Å²) in [4.78, 5) is 44.1. The van der Waals surface area contributed by atoms with Gasteiger partial charge in [-0.15, -0.1) is 20.4 Å². The van der Waals surface area contributed by atoms with E-state index in [9.17, 15) is 30.3 Å². The first-order chi connectivity index (χ1) is 30.4. The van der Waals surface area contributed by atoms with Crippen LogP contribution in [0.25, 0.3) is 44.5 Å². The largest absolute Gasteiger partial charge is 1.00 e. The SMILES string of the molecule is BrBr.O=CO[O-].O=[N+]([O-])c1ccc(-n2nc3c(Br)ccc(Br)c3n2)cc1.O=[N+]([O-])c1ccc(-n2nc3ccccc3n2)cc1.O=[N+]([O-])c1ccc(Cl)cc1.[B].[H-].[K+].[K+].c1ccc2n[nH]nc2c1. The minimum atomic E-state index is -0.462. The minimum Gasteiger partial charge on any atom is -1.00 e. The topological polar surface area (TPSA) is 282 Å². The molecule has 9 rings (SSSR count). The zero-order valence-corrected chi connectivity index (χ0v) is 47.2. The molecule has 0 aliphatic carbocycles. The number of hydrogen-bond donors (Lipinski definition) is 1. The van der Waals surface area contributed by atoms with Crippen molar-refractivity contribution >= 4 is 137 Å². The molecule has 0 amide bonds. The quantitative estimate of drug-likeness (QED) is 0.0822. The number of H-pyrrole nitrogens is 1. The second-order valence-electron chi connectivity index (χ2n) is 11.5. The van der Waals surface area contributed by atoms with E-state index < -0.39 is 14.8 Å². The fourth-order valence-corrected chi connectivity index (χ4v) is 5.71. The van der Waals surface area contributed by atoms with Crippen molar-refractivity contribution < 1.29 is 134 Å². The van der Waals surface area contributed by atoms with E-state index in [1.807, 2.05) is 60.7 Å². The molecule has 9 aromatic rings. The molecule has 21 nitrogen and oxygen atoms in total. The number of non-ortho nitro benzene ring substituents is 3. The Kier molecular flexibility index (Phi) is 29.1. The molecule has 0 aliphatic rings. The van der Waals surface area contributed by atoms with Gasteiger partial charge in [0.15, 0.2) is 0 Å². The molecule has 0 aliphatic heterocycles. The number of aromatic nitrogens is 9. The van der Waals surface area contributed by atoms with Crippen LogP contribution < -0.4 is 108 Å². The van der Waals surface area contributed by atoms with Gasteiger partial charge in [-0.2, -0.15) is 25.0 Å². The van der Waals surface area contributed by atoms with Crippen LogP contribution in [0.3, 0.4) is 0 Å². The Morgan fingerprint density at radius 1 is 0.561 bits per heavy atom. The number of fused-ring (bicyclic) bond motifs is 3. The van der Waals surface area contributed by atoms with Crippen LogP contribution in [0, 0.1) is 30.3 Å². The Balaban J connectivity index is 0.000000849. The first-order valence-corrected chi connectivity index (χ1v) is 22.6. The standard InChI is InChI=1S/C12H6Br2N4O2.C12H8N4O2.C6H4ClNO2.C6H5N3.CH2O3.B.Br2.2K.H/c13-9-5-6-10(14)12-11(9)15-17(16-12)7-1-3-8(4-2-7)18(19)20;17-16(18)10-7-5-9(6-8-10)15-13-11-3-1-2-4-12(11)14-15;7-5-1-3-6(4-2-5)8(9)10;1-2-4-6-5(3-1)7-9-8-6;2-1-4-3;;1-2;;;/h1-6H;1-8H;1-4H;1-4H,(H,7,8,9);1,3H;;;;;/q;;;;;;;2*+1;-1/p-1. The van der Waals surface area contributed by atoms with Crippen molar-refractivity contribution in [3.63, 3.8) is 0 Å². The van der Waals surface area contributed by atoms with Gasteiger partial charge in [0, 0.05) is 87.0 Å². The number of aromatic amines is 1. The van der Waals surface area contributed by atoms with Gasteiger partial charge in [-0.3, -0.25) is 35.1 Å². The second kappa shape index (κ2) is 31.7. The number of nitrogens with zero attached hydrogens (tertiary/aromatic N) is 11. The van der Waals surface area contributed by atoms with Gasteiger partial charge < -0.3 is 11.6 Å².